The molecule has 1 aromatic carbocycles. The Morgan fingerprint density at radius 2 is 1.74 bits per heavy atom. The normalized spacial score (nSPS) is 16.4. The van der Waals surface area contributed by atoms with Crippen LogP contribution in [0.5, 0.6) is 0 Å². The van der Waals surface area contributed by atoms with Crippen LogP contribution in [-0.2, 0) is 0 Å². The van der Waals surface area contributed by atoms with Crippen molar-refractivity contribution < 1.29 is 0 Å². The molecule has 2 nitrogen and oxygen atoms in total. The molecule has 98 valence electrons. The second kappa shape index (κ2) is 6.83. The van der Waals surface area contributed by atoms with Crippen LogP contribution in [0, 0.1) is 0 Å². The Hall–Kier alpha value is -1.96. The van der Waals surface area contributed by atoms with Gasteiger partial charge in [0.25, 0.3) is 0 Å². The van der Waals surface area contributed by atoms with Crippen molar-refractivity contribution in [1.82, 2.24) is 0 Å². The van der Waals surface area contributed by atoms with Gasteiger partial charge in [-0.3, -0.25) is 9.98 Å². The molecule has 2 rings (SSSR count). The van der Waals surface area contributed by atoms with Crippen molar-refractivity contribution in [3.63, 3.8) is 0 Å². The van der Waals surface area contributed by atoms with Gasteiger partial charge in [-0.15, -0.1) is 0 Å². The van der Waals surface area contributed by atoms with E-state index in [2.05, 4.69) is 42.1 Å². The predicted molar refractivity (Wildman–Crippen MR) is 83.4 cm³/mol. The molecule has 2 heteroatoms. The molecule has 0 unspecified atom stereocenters. The molecule has 0 fully saturated rings. The van der Waals surface area contributed by atoms with E-state index in [1.165, 1.54) is 0 Å². The summed E-state index contributed by atoms with van der Waals surface area (Å²) in [7, 11) is 0. The number of nitrogens with zero attached hydrogens (tertiary/aromatic N) is 2. The zero-order valence-electron chi connectivity index (χ0n) is 11.6. The van der Waals surface area contributed by atoms with Gasteiger partial charge in [0.05, 0.1) is 11.4 Å². The van der Waals surface area contributed by atoms with Crippen LogP contribution < -0.4 is 0 Å². The topological polar surface area (TPSA) is 24.7 Å². The summed E-state index contributed by atoms with van der Waals surface area (Å²) in [5.74, 6) is 0. The van der Waals surface area contributed by atoms with Crippen molar-refractivity contribution in [3.05, 3.63) is 54.3 Å². The van der Waals surface area contributed by atoms with Gasteiger partial charge >= 0.3 is 0 Å². The van der Waals surface area contributed by atoms with Gasteiger partial charge in [0.2, 0.25) is 0 Å². The van der Waals surface area contributed by atoms with Gasteiger partial charge in [-0.2, -0.15) is 0 Å². The Kier molecular flexibility index (Phi) is 4.85. The summed E-state index contributed by atoms with van der Waals surface area (Å²) in [5, 5.41) is 0. The predicted octanol–water partition coefficient (Wildman–Crippen LogP) is 4.86. The van der Waals surface area contributed by atoms with E-state index in [0.717, 1.165) is 42.1 Å². The minimum absolute atomic E-state index is 0.820. The summed E-state index contributed by atoms with van der Waals surface area (Å²) < 4.78 is 0. The molecule has 0 spiro atoms. The van der Waals surface area contributed by atoms with Crippen LogP contribution >= 0.6 is 0 Å². The molecule has 0 radical (unpaired) electrons. The highest BCUT2D eigenvalue weighted by molar-refractivity contribution is 6.03. The summed E-state index contributed by atoms with van der Waals surface area (Å²) in [4.78, 5) is 9.22. The van der Waals surface area contributed by atoms with Crippen LogP contribution in [0.1, 0.15) is 33.1 Å². The second-order valence-corrected chi connectivity index (χ2v) is 4.82. The van der Waals surface area contributed by atoms with Gasteiger partial charge in [0.15, 0.2) is 0 Å². The van der Waals surface area contributed by atoms with Crippen LogP contribution in [0.15, 0.2) is 64.2 Å². The van der Waals surface area contributed by atoms with Crippen molar-refractivity contribution in [1.29, 1.82) is 0 Å². The highest BCUT2D eigenvalue weighted by Crippen LogP contribution is 2.13. The first-order chi connectivity index (χ1) is 9.24. The van der Waals surface area contributed by atoms with Crippen LogP contribution in [0.4, 0.5) is 5.69 Å². The molecule has 1 aliphatic rings. The molecule has 0 saturated carbocycles. The Morgan fingerprint density at radius 1 is 1.00 bits per heavy atom. The SMILES string of the molecule is CC(CC(C)=Nc1ccccc1)=NC1=CCCC=C1. The zero-order valence-corrected chi connectivity index (χ0v) is 11.6. The highest BCUT2D eigenvalue weighted by Gasteiger charge is 1.99. The number of rotatable bonds is 4. The minimum Gasteiger partial charge on any atom is -0.258 e. The Morgan fingerprint density at radius 3 is 2.42 bits per heavy atom. The molecule has 19 heavy (non-hydrogen) atoms. The number of aliphatic imine (C=N–C) groups is 2. The molecule has 0 amide bonds. The molecule has 0 atom stereocenters. The maximum atomic E-state index is 4.63. The maximum absolute atomic E-state index is 4.63. The molecule has 1 aromatic rings. The van der Waals surface area contributed by atoms with Gasteiger partial charge in [0, 0.05) is 17.8 Å². The van der Waals surface area contributed by atoms with Crippen LogP contribution in [0.25, 0.3) is 0 Å². The number of benzene rings is 1. The number of hydrogen-bond acceptors (Lipinski definition) is 2. The van der Waals surface area contributed by atoms with E-state index in [9.17, 15) is 0 Å². The van der Waals surface area contributed by atoms with Gasteiger partial charge in [0.1, 0.15) is 0 Å². The number of hydrogen-bond donors (Lipinski definition) is 0. The van der Waals surface area contributed by atoms with Crippen LogP contribution in [0.2, 0.25) is 0 Å². The molecule has 0 bridgehead atoms. The summed E-state index contributed by atoms with van der Waals surface area (Å²) >= 11 is 0. The molecular formula is C17H20N2. The Balaban J connectivity index is 2.00. The average molecular weight is 252 g/mol. The Labute approximate surface area is 115 Å². The molecule has 0 aliphatic heterocycles. The number of para-hydroxylation sites is 1. The first-order valence-electron chi connectivity index (χ1n) is 6.74. The van der Waals surface area contributed by atoms with Crippen molar-refractivity contribution >= 4 is 17.1 Å². The molecular weight excluding hydrogens is 232 g/mol. The van der Waals surface area contributed by atoms with E-state index >= 15 is 0 Å². The fourth-order valence-corrected chi connectivity index (χ4v) is 2.08. The first kappa shape index (κ1) is 13.5. The molecule has 0 N–H and O–H groups in total. The van der Waals surface area contributed by atoms with Crippen molar-refractivity contribution in [2.45, 2.75) is 33.1 Å². The third-order valence-corrected chi connectivity index (χ3v) is 2.88. The lowest BCUT2D eigenvalue weighted by atomic mass is 10.1. The van der Waals surface area contributed by atoms with E-state index in [1.54, 1.807) is 0 Å². The van der Waals surface area contributed by atoms with Crippen LogP contribution in [-0.4, -0.2) is 11.4 Å². The molecule has 1 aliphatic carbocycles. The first-order valence-corrected chi connectivity index (χ1v) is 6.74. The van der Waals surface area contributed by atoms with E-state index < -0.39 is 0 Å². The summed E-state index contributed by atoms with van der Waals surface area (Å²) in [6.07, 6.45) is 9.51. The lowest BCUT2D eigenvalue weighted by Gasteiger charge is -2.04. The van der Waals surface area contributed by atoms with Crippen molar-refractivity contribution in [2.24, 2.45) is 9.98 Å². The molecule has 0 aromatic heterocycles. The van der Waals surface area contributed by atoms with Gasteiger partial charge < -0.3 is 0 Å². The van der Waals surface area contributed by atoms with Crippen molar-refractivity contribution in [3.8, 4) is 0 Å². The van der Waals surface area contributed by atoms with Crippen LogP contribution in [0.3, 0.4) is 0 Å². The number of allylic oxidation sites excluding steroid dienone is 3. The second-order valence-electron chi connectivity index (χ2n) is 4.82. The lowest BCUT2D eigenvalue weighted by molar-refractivity contribution is 1.01. The molecule has 0 heterocycles. The van der Waals surface area contributed by atoms with E-state index in [1.807, 2.05) is 30.3 Å². The molecule has 0 saturated heterocycles. The van der Waals surface area contributed by atoms with Gasteiger partial charge in [-0.25, -0.2) is 0 Å². The highest BCUT2D eigenvalue weighted by atomic mass is 14.8. The summed E-state index contributed by atoms with van der Waals surface area (Å²) in [6, 6.07) is 10.0. The fourth-order valence-electron chi connectivity index (χ4n) is 2.08. The van der Waals surface area contributed by atoms with E-state index in [0.29, 0.717) is 0 Å². The van der Waals surface area contributed by atoms with Gasteiger partial charge in [-0.1, -0.05) is 30.4 Å². The summed E-state index contributed by atoms with van der Waals surface area (Å²) in [6.45, 7) is 4.12. The van der Waals surface area contributed by atoms with Gasteiger partial charge in [-0.05, 0) is 44.9 Å². The third-order valence-electron chi connectivity index (χ3n) is 2.88. The fraction of sp³-hybridized carbons (Fsp3) is 0.294. The van der Waals surface area contributed by atoms with Crippen molar-refractivity contribution in [2.75, 3.05) is 0 Å². The van der Waals surface area contributed by atoms with E-state index in [4.69, 9.17) is 0 Å². The lowest BCUT2D eigenvalue weighted by Crippen LogP contribution is -2.01. The largest absolute Gasteiger partial charge is 0.258 e. The summed E-state index contributed by atoms with van der Waals surface area (Å²) in [5.41, 5.74) is 4.28. The monoisotopic (exact) mass is 252 g/mol. The maximum Gasteiger partial charge on any atom is 0.0629 e. The zero-order chi connectivity index (χ0) is 13.5. The standard InChI is InChI=1S/C17H20N2/c1-14(18-16-9-5-3-6-10-16)13-15(2)19-17-11-7-4-8-12-17/h3,5-7,9-12H,4,8,13H2,1-2H3. The average Bonchev–Trinajstić information content (AvgIpc) is 2.40. The Bertz CT molecular complexity index is 534. The smallest absolute Gasteiger partial charge is 0.0629 e. The third kappa shape index (κ3) is 4.66. The van der Waals surface area contributed by atoms with E-state index in [-0.39, 0.29) is 0 Å². The minimum atomic E-state index is 0.820. The quantitative estimate of drug-likeness (QED) is 0.683.